The van der Waals surface area contributed by atoms with Gasteiger partial charge < -0.3 is 10.1 Å². The van der Waals surface area contributed by atoms with E-state index in [2.05, 4.69) is 5.32 Å². The van der Waals surface area contributed by atoms with Crippen LogP contribution < -0.4 is 10.1 Å². The van der Waals surface area contributed by atoms with E-state index >= 15 is 0 Å². The van der Waals surface area contributed by atoms with Gasteiger partial charge in [-0.25, -0.2) is 8.42 Å². The highest BCUT2D eigenvalue weighted by Crippen LogP contribution is 2.30. The molecule has 0 radical (unpaired) electrons. The number of likely N-dealkylation sites (N-methyl/N-ethyl adjacent to an activating group) is 1. The summed E-state index contributed by atoms with van der Waals surface area (Å²) < 4.78 is 30.8. The molecule has 6 nitrogen and oxygen atoms in total. The minimum absolute atomic E-state index is 0.0281. The van der Waals surface area contributed by atoms with E-state index in [1.54, 1.807) is 37.3 Å². The molecule has 9 heteroatoms. The number of hydrogen-bond acceptors (Lipinski definition) is 5. The summed E-state index contributed by atoms with van der Waals surface area (Å²) in [6, 6.07) is 12.0. The molecule has 2 rings (SSSR count). The third kappa shape index (κ3) is 5.49. The van der Waals surface area contributed by atoms with Crippen molar-refractivity contribution >= 4 is 45.0 Å². The van der Waals surface area contributed by atoms with Crippen LogP contribution in [-0.4, -0.2) is 27.5 Å². The first-order valence-corrected chi connectivity index (χ1v) is 10.3. The summed E-state index contributed by atoms with van der Waals surface area (Å²) in [6.07, 6.45) is 1.22. The van der Waals surface area contributed by atoms with E-state index in [1.165, 1.54) is 24.3 Å². The van der Waals surface area contributed by atoms with E-state index in [0.717, 1.165) is 0 Å². The molecule has 28 heavy (non-hydrogen) atoms. The second-order valence-corrected chi connectivity index (χ2v) is 8.24. The van der Waals surface area contributed by atoms with E-state index in [0.29, 0.717) is 17.9 Å². The number of rotatable bonds is 7. The molecule has 0 atom stereocenters. The number of halogens is 2. The van der Waals surface area contributed by atoms with Crippen molar-refractivity contribution in [1.29, 1.82) is 5.26 Å². The summed E-state index contributed by atoms with van der Waals surface area (Å²) in [7, 11) is -4.14. The van der Waals surface area contributed by atoms with Crippen LogP contribution >= 0.6 is 23.2 Å². The van der Waals surface area contributed by atoms with Gasteiger partial charge in [0, 0.05) is 11.6 Å². The maximum atomic E-state index is 12.7. The monoisotopic (exact) mass is 438 g/mol. The average Bonchev–Trinajstić information content (AvgIpc) is 2.67. The summed E-state index contributed by atoms with van der Waals surface area (Å²) in [5.41, 5.74) is 0.462. The third-order valence-electron chi connectivity index (χ3n) is 3.50. The van der Waals surface area contributed by atoms with E-state index in [1.807, 2.05) is 0 Å². The summed E-state index contributed by atoms with van der Waals surface area (Å²) in [6.45, 7) is 2.18. The van der Waals surface area contributed by atoms with Gasteiger partial charge in [0.2, 0.25) is 9.84 Å². The van der Waals surface area contributed by atoms with Crippen molar-refractivity contribution in [1.82, 2.24) is 5.32 Å². The van der Waals surface area contributed by atoms with Crippen LogP contribution in [0.15, 0.2) is 52.3 Å². The van der Waals surface area contributed by atoms with Gasteiger partial charge in [0.1, 0.15) is 16.7 Å². The van der Waals surface area contributed by atoms with Crippen molar-refractivity contribution in [3.05, 3.63) is 63.0 Å². The maximum Gasteiger partial charge on any atom is 0.257 e. The van der Waals surface area contributed by atoms with Crippen molar-refractivity contribution in [3.63, 3.8) is 0 Å². The van der Waals surface area contributed by atoms with E-state index in [-0.39, 0.29) is 27.5 Å². The number of nitriles is 1. The van der Waals surface area contributed by atoms with Gasteiger partial charge in [-0.1, -0.05) is 35.3 Å². The van der Waals surface area contributed by atoms with Gasteiger partial charge in [-0.05, 0) is 48.9 Å². The lowest BCUT2D eigenvalue weighted by atomic mass is 10.2. The van der Waals surface area contributed by atoms with E-state index in [4.69, 9.17) is 27.9 Å². The van der Waals surface area contributed by atoms with Gasteiger partial charge in [0.25, 0.3) is 5.91 Å². The fourth-order valence-electron chi connectivity index (χ4n) is 2.18. The van der Waals surface area contributed by atoms with Gasteiger partial charge in [0.05, 0.1) is 9.92 Å². The van der Waals surface area contributed by atoms with Crippen LogP contribution in [0.25, 0.3) is 6.08 Å². The predicted octanol–water partition coefficient (Wildman–Crippen LogP) is 3.85. The number of amides is 1. The normalized spacial score (nSPS) is 11.6. The van der Waals surface area contributed by atoms with Crippen LogP contribution in [0.1, 0.15) is 12.5 Å². The number of nitrogens with zero attached hydrogens (tertiary/aromatic N) is 1. The molecular weight excluding hydrogens is 423 g/mol. The van der Waals surface area contributed by atoms with Gasteiger partial charge in [0.15, 0.2) is 6.61 Å². The first-order chi connectivity index (χ1) is 13.3. The summed E-state index contributed by atoms with van der Waals surface area (Å²) in [4.78, 5) is 10.7. The first-order valence-electron chi connectivity index (χ1n) is 8.09. The van der Waals surface area contributed by atoms with Crippen LogP contribution in [0, 0.1) is 11.3 Å². The highest BCUT2D eigenvalue weighted by Gasteiger charge is 2.24. The van der Waals surface area contributed by atoms with Crippen molar-refractivity contribution in [2.75, 3.05) is 13.2 Å². The van der Waals surface area contributed by atoms with Gasteiger partial charge in [-0.2, -0.15) is 5.26 Å². The number of allylic oxidation sites excluding steroid dienone is 1. The highest BCUT2D eigenvalue weighted by atomic mass is 35.5. The molecule has 0 aliphatic heterocycles. The molecule has 1 N–H and O–H groups in total. The molecule has 0 unspecified atom stereocenters. The maximum absolute atomic E-state index is 12.7. The Kier molecular flexibility index (Phi) is 7.46. The van der Waals surface area contributed by atoms with Crippen molar-refractivity contribution < 1.29 is 17.9 Å². The quantitative estimate of drug-likeness (QED) is 0.662. The molecule has 0 spiro atoms. The van der Waals surface area contributed by atoms with Crippen molar-refractivity contribution in [2.24, 2.45) is 0 Å². The molecule has 0 heterocycles. The Balaban J connectivity index is 2.26. The first kappa shape index (κ1) is 21.8. The third-order valence-corrected chi connectivity index (χ3v) is 5.89. The predicted molar refractivity (Wildman–Crippen MR) is 108 cm³/mol. The van der Waals surface area contributed by atoms with Gasteiger partial charge in [-0.3, -0.25) is 4.79 Å². The topological polar surface area (TPSA) is 96.3 Å². The molecule has 0 aliphatic rings. The molecule has 2 aromatic rings. The molecule has 2 aromatic carbocycles. The highest BCUT2D eigenvalue weighted by molar-refractivity contribution is 7.95. The largest absolute Gasteiger partial charge is 0.484 e. The number of hydrogen-bond donors (Lipinski definition) is 1. The van der Waals surface area contributed by atoms with Gasteiger partial charge in [-0.15, -0.1) is 0 Å². The van der Waals surface area contributed by atoms with Crippen molar-refractivity contribution in [2.45, 2.75) is 11.8 Å². The molecule has 1 amide bonds. The SMILES string of the molecule is CCNC(=O)COc1ccc(/C=C(/C#N)S(=O)(=O)c2cc(Cl)ccc2Cl)cc1. The zero-order chi connectivity index (χ0) is 20.7. The van der Waals surface area contributed by atoms with Crippen LogP contribution in [-0.2, 0) is 14.6 Å². The number of ether oxygens (including phenoxy) is 1. The second kappa shape index (κ2) is 9.60. The molecular formula is C19H16Cl2N2O4S. The number of carbonyl (C=O) groups is 1. The zero-order valence-corrected chi connectivity index (χ0v) is 17.1. The van der Waals surface area contributed by atoms with Crippen LogP contribution in [0.5, 0.6) is 5.75 Å². The summed E-state index contributed by atoms with van der Waals surface area (Å²) in [5, 5.41) is 12.1. The molecule has 146 valence electrons. The average molecular weight is 439 g/mol. The minimum Gasteiger partial charge on any atom is -0.484 e. The summed E-state index contributed by atoms with van der Waals surface area (Å²) in [5.74, 6) is 0.186. The molecule has 0 saturated carbocycles. The summed E-state index contributed by atoms with van der Waals surface area (Å²) >= 11 is 11.8. The number of carbonyl (C=O) groups excluding carboxylic acids is 1. The van der Waals surface area contributed by atoms with Gasteiger partial charge >= 0.3 is 0 Å². The Morgan fingerprint density at radius 3 is 2.50 bits per heavy atom. The number of sulfone groups is 1. The zero-order valence-electron chi connectivity index (χ0n) is 14.8. The van der Waals surface area contributed by atoms with Crippen LogP contribution in [0.2, 0.25) is 10.0 Å². The molecule has 0 bridgehead atoms. The van der Waals surface area contributed by atoms with E-state index in [9.17, 15) is 18.5 Å². The lowest BCUT2D eigenvalue weighted by molar-refractivity contribution is -0.122. The second-order valence-electron chi connectivity index (χ2n) is 5.51. The fraction of sp³-hybridized carbons (Fsp3) is 0.158. The lowest BCUT2D eigenvalue weighted by Gasteiger charge is -2.07. The molecule has 0 saturated heterocycles. The lowest BCUT2D eigenvalue weighted by Crippen LogP contribution is -2.28. The number of benzene rings is 2. The molecule has 0 aromatic heterocycles. The minimum atomic E-state index is -4.14. The smallest absolute Gasteiger partial charge is 0.257 e. The standard InChI is InChI=1S/C19H16Cl2N2O4S/c1-2-23-19(24)12-27-15-6-3-13(4-7-15)9-16(11-22)28(25,26)18-10-14(20)5-8-17(18)21/h3-10H,2,12H2,1H3,(H,23,24)/b16-9-. The van der Waals surface area contributed by atoms with E-state index < -0.39 is 14.7 Å². The van der Waals surface area contributed by atoms with Crippen LogP contribution in [0.3, 0.4) is 0 Å². The van der Waals surface area contributed by atoms with Crippen molar-refractivity contribution in [3.8, 4) is 11.8 Å². The van der Waals surface area contributed by atoms with Crippen LogP contribution in [0.4, 0.5) is 0 Å². The Bertz CT molecular complexity index is 1040. The molecule has 0 aliphatic carbocycles. The Morgan fingerprint density at radius 1 is 1.21 bits per heavy atom. The Morgan fingerprint density at radius 2 is 1.89 bits per heavy atom. The fourth-order valence-corrected chi connectivity index (χ4v) is 4.09. The molecule has 0 fully saturated rings. The Labute approximate surface area is 173 Å². The Hall–Kier alpha value is -2.53. The number of nitrogens with one attached hydrogen (secondary N) is 1.